The fraction of sp³-hybridized carbons (Fsp3) is 0.148. The van der Waals surface area contributed by atoms with Crippen LogP contribution in [0, 0.1) is 0 Å². The second-order valence-electron chi connectivity index (χ2n) is 8.01. The van der Waals surface area contributed by atoms with Gasteiger partial charge in [0.1, 0.15) is 0 Å². The molecule has 0 bridgehead atoms. The Kier molecular flexibility index (Phi) is 5.90. The van der Waals surface area contributed by atoms with E-state index in [0.717, 1.165) is 22.5 Å². The molecule has 0 radical (unpaired) electrons. The predicted molar refractivity (Wildman–Crippen MR) is 133 cm³/mol. The third-order valence-corrected chi connectivity index (χ3v) is 6.30. The molecule has 7 heteroatoms. The Morgan fingerprint density at radius 3 is 2.47 bits per heavy atom. The molecule has 4 aromatic rings. The quantitative estimate of drug-likeness (QED) is 0.379. The number of rotatable bonds is 4. The van der Waals surface area contributed by atoms with Gasteiger partial charge in [-0.1, -0.05) is 41.9 Å². The van der Waals surface area contributed by atoms with Crippen LogP contribution in [0.15, 0.2) is 85.1 Å². The van der Waals surface area contributed by atoms with Gasteiger partial charge in [0.2, 0.25) is 0 Å². The first kappa shape index (κ1) is 21.9. The number of hydrogen-bond donors (Lipinski definition) is 1. The highest BCUT2D eigenvalue weighted by molar-refractivity contribution is 6.30. The van der Waals surface area contributed by atoms with Gasteiger partial charge in [-0.3, -0.25) is 0 Å². The largest absolute Gasteiger partial charge is 0.493 e. The summed E-state index contributed by atoms with van der Waals surface area (Å²) in [7, 11) is 3.15. The summed E-state index contributed by atoms with van der Waals surface area (Å²) in [4.78, 5) is 15.6. The Labute approximate surface area is 203 Å². The molecule has 2 amide bonds. The minimum atomic E-state index is -0.320. The highest BCUT2D eigenvalue weighted by Crippen LogP contribution is 2.37. The van der Waals surface area contributed by atoms with Crippen molar-refractivity contribution in [2.75, 3.05) is 19.5 Å². The summed E-state index contributed by atoms with van der Waals surface area (Å²) in [6.07, 6.45) is 2.03. The summed E-state index contributed by atoms with van der Waals surface area (Å²) < 4.78 is 12.9. The number of nitrogens with zero attached hydrogens (tertiary/aromatic N) is 2. The number of nitrogens with one attached hydrogen (secondary N) is 1. The van der Waals surface area contributed by atoms with E-state index in [9.17, 15) is 4.79 Å². The number of anilines is 1. The third kappa shape index (κ3) is 3.97. The molecule has 0 saturated carbocycles. The van der Waals surface area contributed by atoms with Gasteiger partial charge in [-0.2, -0.15) is 0 Å². The van der Waals surface area contributed by atoms with Gasteiger partial charge in [-0.25, -0.2) is 4.79 Å². The lowest BCUT2D eigenvalue weighted by Crippen LogP contribution is -2.37. The number of carbonyl (C=O) groups excluding carboxylic acids is 1. The molecule has 3 aromatic carbocycles. The zero-order chi connectivity index (χ0) is 23.7. The van der Waals surface area contributed by atoms with E-state index >= 15 is 0 Å². The van der Waals surface area contributed by atoms with E-state index in [-0.39, 0.29) is 12.1 Å². The van der Waals surface area contributed by atoms with E-state index in [0.29, 0.717) is 28.8 Å². The number of carbonyl (C=O) groups is 1. The fourth-order valence-electron chi connectivity index (χ4n) is 4.44. The topological polar surface area (TPSA) is 55.7 Å². The zero-order valence-electron chi connectivity index (χ0n) is 18.9. The molecule has 1 aromatic heterocycles. The van der Waals surface area contributed by atoms with Gasteiger partial charge < -0.3 is 24.3 Å². The molecule has 6 nitrogen and oxygen atoms in total. The van der Waals surface area contributed by atoms with Crippen LogP contribution in [0.3, 0.4) is 0 Å². The Morgan fingerprint density at radius 1 is 0.941 bits per heavy atom. The SMILES string of the molecule is COc1ccc(NC(=O)N2Cc3ccccc3-n3cccc3C2c2ccc(Cl)cc2)cc1OC. The summed E-state index contributed by atoms with van der Waals surface area (Å²) in [5.74, 6) is 1.14. The summed E-state index contributed by atoms with van der Waals surface area (Å²) >= 11 is 6.17. The maximum atomic E-state index is 13.8. The number of methoxy groups -OCH3 is 2. The van der Waals surface area contributed by atoms with Gasteiger partial charge in [0.05, 0.1) is 32.5 Å². The number of ether oxygens (including phenoxy) is 2. The van der Waals surface area contributed by atoms with Crippen LogP contribution in [0.5, 0.6) is 11.5 Å². The molecular formula is C27H24ClN3O3. The van der Waals surface area contributed by atoms with Gasteiger partial charge in [-0.15, -0.1) is 0 Å². The predicted octanol–water partition coefficient (Wildman–Crippen LogP) is 6.29. The monoisotopic (exact) mass is 473 g/mol. The standard InChI is InChI=1S/C27H24ClN3O3/c1-33-24-14-13-21(16-25(24)34-2)29-27(32)31-17-19-6-3-4-7-22(19)30-15-5-8-23(30)26(31)18-9-11-20(28)12-10-18/h3-16,26H,17H2,1-2H3,(H,29,32). The number of aromatic nitrogens is 1. The van der Waals surface area contributed by atoms with Gasteiger partial charge >= 0.3 is 6.03 Å². The molecule has 0 aliphatic carbocycles. The van der Waals surface area contributed by atoms with Gasteiger partial charge in [0.25, 0.3) is 0 Å². The maximum Gasteiger partial charge on any atom is 0.322 e. The van der Waals surface area contributed by atoms with E-state index in [2.05, 4.69) is 28.1 Å². The van der Waals surface area contributed by atoms with Crippen LogP contribution < -0.4 is 14.8 Å². The molecule has 0 spiro atoms. The van der Waals surface area contributed by atoms with Crippen LogP contribution in [0.4, 0.5) is 10.5 Å². The summed E-state index contributed by atoms with van der Waals surface area (Å²) in [5.41, 5.74) is 4.70. The number of urea groups is 1. The molecule has 1 atom stereocenters. The maximum absolute atomic E-state index is 13.8. The second-order valence-corrected chi connectivity index (χ2v) is 8.45. The van der Waals surface area contributed by atoms with E-state index in [1.807, 2.05) is 53.6 Å². The third-order valence-electron chi connectivity index (χ3n) is 6.05. The molecule has 34 heavy (non-hydrogen) atoms. The van der Waals surface area contributed by atoms with Crippen LogP contribution in [0.2, 0.25) is 5.02 Å². The summed E-state index contributed by atoms with van der Waals surface area (Å²) in [6.45, 7) is 0.435. The van der Waals surface area contributed by atoms with Crippen molar-refractivity contribution in [1.82, 2.24) is 9.47 Å². The molecule has 1 aliphatic heterocycles. The van der Waals surface area contributed by atoms with Crippen molar-refractivity contribution in [1.29, 1.82) is 0 Å². The van der Waals surface area contributed by atoms with E-state index in [1.54, 1.807) is 32.4 Å². The fourth-order valence-corrected chi connectivity index (χ4v) is 4.57. The van der Waals surface area contributed by atoms with Gasteiger partial charge in [0.15, 0.2) is 11.5 Å². The Bertz CT molecular complexity index is 1330. The number of halogens is 1. The smallest absolute Gasteiger partial charge is 0.322 e. The van der Waals surface area contributed by atoms with E-state index in [4.69, 9.17) is 21.1 Å². The molecule has 2 heterocycles. The molecule has 1 unspecified atom stereocenters. The van der Waals surface area contributed by atoms with Crippen molar-refractivity contribution >= 4 is 23.3 Å². The highest BCUT2D eigenvalue weighted by Gasteiger charge is 2.33. The first-order chi connectivity index (χ1) is 16.6. The molecule has 172 valence electrons. The van der Waals surface area contributed by atoms with Crippen LogP contribution in [-0.2, 0) is 6.54 Å². The molecule has 0 fully saturated rings. The number of benzene rings is 3. The molecule has 5 rings (SSSR count). The molecule has 0 saturated heterocycles. The van der Waals surface area contributed by atoms with Crippen molar-refractivity contribution in [2.24, 2.45) is 0 Å². The normalized spacial score (nSPS) is 14.6. The number of para-hydroxylation sites is 1. The van der Waals surface area contributed by atoms with Crippen LogP contribution in [0.25, 0.3) is 5.69 Å². The Morgan fingerprint density at radius 2 is 1.71 bits per heavy atom. The van der Waals surface area contributed by atoms with E-state index in [1.165, 1.54) is 0 Å². The Hall–Kier alpha value is -3.90. The summed E-state index contributed by atoms with van der Waals surface area (Å²) in [6, 6.07) is 24.6. The van der Waals surface area contributed by atoms with Crippen molar-refractivity contribution in [2.45, 2.75) is 12.6 Å². The minimum absolute atomic E-state index is 0.225. The molecule has 1 N–H and O–H groups in total. The number of amides is 2. The van der Waals surface area contributed by atoms with Gasteiger partial charge in [0, 0.05) is 28.7 Å². The zero-order valence-corrected chi connectivity index (χ0v) is 19.6. The number of fused-ring (bicyclic) bond motifs is 3. The lowest BCUT2D eigenvalue weighted by molar-refractivity contribution is 0.194. The molecular weight excluding hydrogens is 450 g/mol. The summed E-state index contributed by atoms with van der Waals surface area (Å²) in [5, 5.41) is 3.70. The van der Waals surface area contributed by atoms with Crippen molar-refractivity contribution in [3.63, 3.8) is 0 Å². The van der Waals surface area contributed by atoms with Crippen LogP contribution in [0.1, 0.15) is 22.9 Å². The van der Waals surface area contributed by atoms with Crippen LogP contribution >= 0.6 is 11.6 Å². The average molecular weight is 474 g/mol. The van der Waals surface area contributed by atoms with Crippen molar-refractivity contribution in [3.8, 4) is 17.2 Å². The molecule has 1 aliphatic rings. The lowest BCUT2D eigenvalue weighted by Gasteiger charge is -2.31. The first-order valence-electron chi connectivity index (χ1n) is 10.9. The minimum Gasteiger partial charge on any atom is -0.493 e. The van der Waals surface area contributed by atoms with Gasteiger partial charge in [-0.05, 0) is 53.6 Å². The number of hydrogen-bond acceptors (Lipinski definition) is 3. The second kappa shape index (κ2) is 9.15. The average Bonchev–Trinajstić information content (AvgIpc) is 3.29. The Balaban J connectivity index is 1.58. The van der Waals surface area contributed by atoms with E-state index < -0.39 is 0 Å². The van der Waals surface area contributed by atoms with Crippen LogP contribution in [-0.4, -0.2) is 29.7 Å². The first-order valence-corrected chi connectivity index (χ1v) is 11.3. The highest BCUT2D eigenvalue weighted by atomic mass is 35.5. The van der Waals surface area contributed by atoms with Crippen molar-refractivity contribution < 1.29 is 14.3 Å². The van der Waals surface area contributed by atoms with Crippen molar-refractivity contribution in [3.05, 3.63) is 107 Å². The lowest BCUT2D eigenvalue weighted by atomic mass is 10.0.